The Hall–Kier alpha value is -1.62. The Bertz CT molecular complexity index is 447. The number of rotatable bonds is 4. The van der Waals surface area contributed by atoms with Crippen molar-refractivity contribution < 1.29 is 13.9 Å². The van der Waals surface area contributed by atoms with Crippen LogP contribution in [0.2, 0.25) is 0 Å². The first-order valence-corrected chi connectivity index (χ1v) is 7.00. The molecule has 2 amide bonds. The molecule has 1 aliphatic rings. The number of carbonyl (C=O) groups excluding carboxylic acids is 1. The van der Waals surface area contributed by atoms with Gasteiger partial charge in [-0.2, -0.15) is 0 Å². The molecule has 1 saturated heterocycles. The Morgan fingerprint density at radius 2 is 2.35 bits per heavy atom. The van der Waals surface area contributed by atoms with Gasteiger partial charge in [-0.1, -0.05) is 12.1 Å². The Labute approximate surface area is 118 Å². The molecule has 1 atom stereocenters. The van der Waals surface area contributed by atoms with E-state index in [4.69, 9.17) is 4.74 Å². The van der Waals surface area contributed by atoms with E-state index in [1.807, 2.05) is 0 Å². The second-order valence-corrected chi connectivity index (χ2v) is 5.16. The molecule has 1 aromatic carbocycles. The first kappa shape index (κ1) is 14.8. The summed E-state index contributed by atoms with van der Waals surface area (Å²) >= 11 is 0. The molecule has 1 heterocycles. The first-order valence-electron chi connectivity index (χ1n) is 7.00. The summed E-state index contributed by atoms with van der Waals surface area (Å²) < 4.78 is 18.6. The van der Waals surface area contributed by atoms with Crippen molar-refractivity contribution in [3.63, 3.8) is 0 Å². The summed E-state index contributed by atoms with van der Waals surface area (Å²) in [6, 6.07) is 6.07. The Balaban J connectivity index is 1.76. The molecule has 0 spiro atoms. The third-order valence-electron chi connectivity index (χ3n) is 3.43. The van der Waals surface area contributed by atoms with E-state index in [1.165, 1.54) is 12.1 Å². The predicted molar refractivity (Wildman–Crippen MR) is 74.9 cm³/mol. The van der Waals surface area contributed by atoms with Crippen molar-refractivity contribution >= 4 is 6.03 Å². The van der Waals surface area contributed by atoms with Gasteiger partial charge in [0.1, 0.15) is 5.82 Å². The van der Waals surface area contributed by atoms with Crippen molar-refractivity contribution in [3.05, 3.63) is 35.6 Å². The first-order chi connectivity index (χ1) is 9.65. The van der Waals surface area contributed by atoms with E-state index in [9.17, 15) is 9.18 Å². The zero-order valence-electron chi connectivity index (χ0n) is 11.8. The minimum Gasteiger partial charge on any atom is -0.376 e. The largest absolute Gasteiger partial charge is 0.376 e. The van der Waals surface area contributed by atoms with Gasteiger partial charge in [0, 0.05) is 26.7 Å². The fraction of sp³-hybridized carbons (Fsp3) is 0.533. The van der Waals surface area contributed by atoms with Gasteiger partial charge in [-0.3, -0.25) is 0 Å². The standard InChI is InChI=1S/C15H21FN2O2/c1-18(11-14-7-2-3-8-20-14)15(19)17-10-12-5-4-6-13(16)9-12/h4-6,9,14H,2-3,7-8,10-11H2,1H3,(H,17,19). The summed E-state index contributed by atoms with van der Waals surface area (Å²) in [6.07, 6.45) is 3.39. The van der Waals surface area contributed by atoms with E-state index >= 15 is 0 Å². The van der Waals surface area contributed by atoms with E-state index in [1.54, 1.807) is 24.1 Å². The molecule has 0 aromatic heterocycles. The van der Waals surface area contributed by atoms with Gasteiger partial charge in [0.25, 0.3) is 0 Å². The SMILES string of the molecule is CN(CC1CCCCO1)C(=O)NCc1cccc(F)c1. The third kappa shape index (κ3) is 4.49. The molecule has 1 fully saturated rings. The average Bonchev–Trinajstić information content (AvgIpc) is 2.46. The van der Waals surface area contributed by atoms with E-state index < -0.39 is 0 Å². The van der Waals surface area contributed by atoms with Crippen LogP contribution in [-0.2, 0) is 11.3 Å². The van der Waals surface area contributed by atoms with Crippen molar-refractivity contribution in [2.75, 3.05) is 20.2 Å². The maximum atomic E-state index is 13.0. The number of amides is 2. The lowest BCUT2D eigenvalue weighted by Gasteiger charge is -2.27. The molecule has 110 valence electrons. The molecule has 20 heavy (non-hydrogen) atoms. The van der Waals surface area contributed by atoms with Crippen LogP contribution in [0.5, 0.6) is 0 Å². The van der Waals surface area contributed by atoms with Crippen LogP contribution in [0.4, 0.5) is 9.18 Å². The molecule has 1 aromatic rings. The Kier molecular flexibility index (Phi) is 5.35. The maximum Gasteiger partial charge on any atom is 0.317 e. The van der Waals surface area contributed by atoms with E-state index in [2.05, 4.69) is 5.32 Å². The van der Waals surface area contributed by atoms with Crippen molar-refractivity contribution in [1.29, 1.82) is 0 Å². The minimum absolute atomic E-state index is 0.133. The quantitative estimate of drug-likeness (QED) is 0.921. The van der Waals surface area contributed by atoms with Crippen LogP contribution < -0.4 is 5.32 Å². The van der Waals surface area contributed by atoms with Crippen molar-refractivity contribution in [2.45, 2.75) is 31.9 Å². The number of ether oxygens (including phenoxy) is 1. The number of hydrogen-bond acceptors (Lipinski definition) is 2. The molecule has 1 unspecified atom stereocenters. The van der Waals surface area contributed by atoms with E-state index in [-0.39, 0.29) is 18.0 Å². The number of nitrogens with zero attached hydrogens (tertiary/aromatic N) is 1. The molecule has 0 bridgehead atoms. The highest BCUT2D eigenvalue weighted by Crippen LogP contribution is 2.13. The highest BCUT2D eigenvalue weighted by molar-refractivity contribution is 5.73. The average molecular weight is 280 g/mol. The van der Waals surface area contributed by atoms with Gasteiger partial charge in [-0.15, -0.1) is 0 Å². The number of likely N-dealkylation sites (N-methyl/N-ethyl adjacent to an activating group) is 1. The second-order valence-electron chi connectivity index (χ2n) is 5.16. The van der Waals surface area contributed by atoms with Crippen LogP contribution in [-0.4, -0.2) is 37.2 Å². The lowest BCUT2D eigenvalue weighted by Crippen LogP contribution is -2.42. The molecule has 0 saturated carbocycles. The molecular weight excluding hydrogens is 259 g/mol. The highest BCUT2D eigenvalue weighted by Gasteiger charge is 2.18. The van der Waals surface area contributed by atoms with Crippen LogP contribution in [0.3, 0.4) is 0 Å². The molecule has 0 radical (unpaired) electrons. The fourth-order valence-corrected chi connectivity index (χ4v) is 2.30. The third-order valence-corrected chi connectivity index (χ3v) is 3.43. The lowest BCUT2D eigenvalue weighted by molar-refractivity contribution is 0.00385. The molecule has 1 aliphatic heterocycles. The maximum absolute atomic E-state index is 13.0. The minimum atomic E-state index is -0.291. The number of urea groups is 1. The fourth-order valence-electron chi connectivity index (χ4n) is 2.30. The smallest absolute Gasteiger partial charge is 0.317 e. The van der Waals surface area contributed by atoms with Crippen molar-refractivity contribution in [3.8, 4) is 0 Å². The summed E-state index contributed by atoms with van der Waals surface area (Å²) in [4.78, 5) is 13.6. The second kappa shape index (κ2) is 7.24. The van der Waals surface area contributed by atoms with Gasteiger partial charge in [0.05, 0.1) is 6.10 Å². The van der Waals surface area contributed by atoms with Gasteiger partial charge in [-0.25, -0.2) is 9.18 Å². The Morgan fingerprint density at radius 3 is 3.05 bits per heavy atom. The van der Waals surface area contributed by atoms with Crippen LogP contribution >= 0.6 is 0 Å². The van der Waals surface area contributed by atoms with Gasteiger partial charge in [0.15, 0.2) is 0 Å². The van der Waals surface area contributed by atoms with Crippen molar-refractivity contribution in [1.82, 2.24) is 10.2 Å². The topological polar surface area (TPSA) is 41.6 Å². The van der Waals surface area contributed by atoms with Gasteiger partial charge in [0.2, 0.25) is 0 Å². The van der Waals surface area contributed by atoms with Crippen molar-refractivity contribution in [2.24, 2.45) is 0 Å². The monoisotopic (exact) mass is 280 g/mol. The zero-order valence-corrected chi connectivity index (χ0v) is 11.8. The van der Waals surface area contributed by atoms with Gasteiger partial charge >= 0.3 is 6.03 Å². The number of carbonyl (C=O) groups is 1. The number of hydrogen-bond donors (Lipinski definition) is 1. The van der Waals surface area contributed by atoms with Crippen LogP contribution in [0.25, 0.3) is 0 Å². The van der Waals surface area contributed by atoms with Crippen LogP contribution in [0.15, 0.2) is 24.3 Å². The Morgan fingerprint density at radius 1 is 1.50 bits per heavy atom. The normalized spacial score (nSPS) is 18.6. The summed E-state index contributed by atoms with van der Waals surface area (Å²) in [6.45, 7) is 1.70. The van der Waals surface area contributed by atoms with E-state index in [0.29, 0.717) is 13.1 Å². The number of nitrogens with one attached hydrogen (secondary N) is 1. The summed E-state index contributed by atoms with van der Waals surface area (Å²) in [5.74, 6) is -0.291. The molecular formula is C15H21FN2O2. The van der Waals surface area contributed by atoms with Crippen LogP contribution in [0.1, 0.15) is 24.8 Å². The van der Waals surface area contributed by atoms with Gasteiger partial charge in [-0.05, 0) is 37.0 Å². The van der Waals surface area contributed by atoms with E-state index in [0.717, 1.165) is 31.4 Å². The molecule has 0 aliphatic carbocycles. The molecule has 5 heteroatoms. The zero-order chi connectivity index (χ0) is 14.4. The summed E-state index contributed by atoms with van der Waals surface area (Å²) in [5.41, 5.74) is 0.751. The summed E-state index contributed by atoms with van der Waals surface area (Å²) in [5, 5.41) is 2.78. The van der Waals surface area contributed by atoms with Crippen LogP contribution in [0, 0.1) is 5.82 Å². The molecule has 2 rings (SSSR count). The predicted octanol–water partition coefficient (Wildman–Crippen LogP) is 2.54. The molecule has 1 N–H and O–H groups in total. The highest BCUT2D eigenvalue weighted by atomic mass is 19.1. The number of benzene rings is 1. The summed E-state index contributed by atoms with van der Waals surface area (Å²) in [7, 11) is 1.75. The number of halogens is 1. The lowest BCUT2D eigenvalue weighted by atomic mass is 10.1. The molecule has 4 nitrogen and oxygen atoms in total. The van der Waals surface area contributed by atoms with Gasteiger partial charge < -0.3 is 15.0 Å².